The van der Waals surface area contributed by atoms with Gasteiger partial charge in [-0.2, -0.15) is 0 Å². The summed E-state index contributed by atoms with van der Waals surface area (Å²) < 4.78 is 17.6. The quantitative estimate of drug-likeness (QED) is 0.229. The minimum atomic E-state index is -0.122. The van der Waals surface area contributed by atoms with Gasteiger partial charge in [0.15, 0.2) is 5.76 Å². The number of rotatable bonds is 10. The summed E-state index contributed by atoms with van der Waals surface area (Å²) >= 11 is 0. The van der Waals surface area contributed by atoms with Gasteiger partial charge >= 0.3 is 0 Å². The van der Waals surface area contributed by atoms with Crippen molar-refractivity contribution in [3.63, 3.8) is 0 Å². The summed E-state index contributed by atoms with van der Waals surface area (Å²) in [4.78, 5) is 18.6. The van der Waals surface area contributed by atoms with Crippen molar-refractivity contribution in [3.05, 3.63) is 47.2 Å². The standard InChI is InChI=1S/C22H28N4O3.C5H14N2.C2H6O.3C2H6/c1-6-8-28-19(7-2)20(27-5)11-18-15(4)24-13-25-22(18)29-17-10-16-9-14(3)26-21(16)23-12-17;1-3-7(2)5-4-6;1-2-3;3*1-2/h9-13,15H,6-8H2,1-5H3,(H,23,26);3-6H2,1-2H3;3H,2H2,1H3;3*1-2H3/b18-11+,20-19-;;;;;. The maximum Gasteiger partial charge on any atom is 0.226 e. The van der Waals surface area contributed by atoms with E-state index in [4.69, 9.17) is 25.1 Å². The van der Waals surface area contributed by atoms with Crippen molar-refractivity contribution in [3.8, 4) is 5.75 Å². The SMILES string of the molecule is CC.CC.CC.CCCO/C(CC)=C(/C=C1/C(Oc2cnc3[nH]c(C)cc3c2)=NC=NC1C)OC.CCN(C)CCN.CCO. The Labute approximate surface area is 274 Å². The molecule has 260 valence electrons. The van der Waals surface area contributed by atoms with Crippen LogP contribution in [0.25, 0.3) is 11.0 Å². The van der Waals surface area contributed by atoms with Gasteiger partial charge in [-0.3, -0.25) is 4.99 Å². The van der Waals surface area contributed by atoms with E-state index in [1.165, 1.54) is 6.34 Å². The van der Waals surface area contributed by atoms with Crippen molar-refractivity contribution >= 4 is 23.3 Å². The number of aliphatic imine (C=N–C) groups is 2. The van der Waals surface area contributed by atoms with E-state index < -0.39 is 0 Å². The number of fused-ring (bicyclic) bond motifs is 1. The van der Waals surface area contributed by atoms with Crippen LogP contribution in [0.15, 0.2) is 51.5 Å². The first-order valence-corrected chi connectivity index (χ1v) is 16.6. The van der Waals surface area contributed by atoms with E-state index in [1.54, 1.807) is 20.2 Å². The van der Waals surface area contributed by atoms with E-state index in [-0.39, 0.29) is 12.6 Å². The first kappa shape index (κ1) is 46.2. The van der Waals surface area contributed by atoms with Gasteiger partial charge in [0, 0.05) is 42.8 Å². The number of methoxy groups -OCH3 is 1. The lowest BCUT2D eigenvalue weighted by atomic mass is 10.1. The molecule has 4 N–H and O–H groups in total. The highest BCUT2D eigenvalue weighted by Gasteiger charge is 2.21. The van der Waals surface area contributed by atoms with Gasteiger partial charge in [0.2, 0.25) is 5.90 Å². The van der Waals surface area contributed by atoms with Crippen LogP contribution in [-0.2, 0) is 9.47 Å². The summed E-state index contributed by atoms with van der Waals surface area (Å²) in [5, 5.41) is 8.56. The second-order valence-electron chi connectivity index (χ2n) is 8.83. The predicted molar refractivity (Wildman–Crippen MR) is 195 cm³/mol. The molecule has 2 aromatic heterocycles. The van der Waals surface area contributed by atoms with Gasteiger partial charge in [-0.25, -0.2) is 9.98 Å². The number of nitrogens with one attached hydrogen (secondary N) is 1. The number of ether oxygens (including phenoxy) is 3. The van der Waals surface area contributed by atoms with Gasteiger partial charge in [-0.05, 0) is 59.0 Å². The van der Waals surface area contributed by atoms with Crippen LogP contribution in [0.4, 0.5) is 0 Å². The molecule has 0 aromatic carbocycles. The second kappa shape index (κ2) is 30.8. The molecule has 0 radical (unpaired) electrons. The summed E-state index contributed by atoms with van der Waals surface area (Å²) in [7, 11) is 3.70. The third kappa shape index (κ3) is 19.0. The van der Waals surface area contributed by atoms with E-state index in [9.17, 15) is 0 Å². The molecule has 0 bridgehead atoms. The van der Waals surface area contributed by atoms with Crippen LogP contribution in [-0.4, -0.2) is 85.3 Å². The number of aromatic nitrogens is 2. The summed E-state index contributed by atoms with van der Waals surface area (Å²) in [6, 6.07) is 3.85. The molecule has 2 aromatic rings. The van der Waals surface area contributed by atoms with Gasteiger partial charge in [0.1, 0.15) is 23.5 Å². The molecule has 0 saturated carbocycles. The lowest BCUT2D eigenvalue weighted by Crippen LogP contribution is -2.24. The Kier molecular flexibility index (Phi) is 31.6. The lowest BCUT2D eigenvalue weighted by molar-refractivity contribution is 0.175. The maximum absolute atomic E-state index is 7.57. The Bertz CT molecular complexity index is 1110. The molecule has 1 atom stereocenters. The fraction of sp³-hybridized carbons (Fsp3) is 0.629. The third-order valence-electron chi connectivity index (χ3n) is 5.59. The van der Waals surface area contributed by atoms with E-state index in [1.807, 2.05) is 80.5 Å². The molecule has 1 unspecified atom stereocenters. The molecule has 0 saturated heterocycles. The van der Waals surface area contributed by atoms with Crippen LogP contribution < -0.4 is 10.5 Å². The van der Waals surface area contributed by atoms with Crippen molar-refractivity contribution in [2.45, 2.75) is 102 Å². The Balaban J connectivity index is -0.000000929. The zero-order valence-electron chi connectivity index (χ0n) is 31.0. The fourth-order valence-corrected chi connectivity index (χ4v) is 3.43. The van der Waals surface area contributed by atoms with Crippen molar-refractivity contribution in [2.24, 2.45) is 15.7 Å². The van der Waals surface area contributed by atoms with E-state index in [2.05, 4.69) is 45.7 Å². The van der Waals surface area contributed by atoms with E-state index in [0.717, 1.165) is 60.5 Å². The molecule has 1 aliphatic heterocycles. The highest BCUT2D eigenvalue weighted by Crippen LogP contribution is 2.24. The number of aromatic amines is 1. The number of allylic oxidation sites excluding steroid dienone is 2. The van der Waals surface area contributed by atoms with Crippen LogP contribution in [0.3, 0.4) is 0 Å². The highest BCUT2D eigenvalue weighted by atomic mass is 16.5. The number of nitrogens with zero attached hydrogens (tertiary/aromatic N) is 4. The average Bonchev–Trinajstić information content (AvgIpc) is 3.44. The summed E-state index contributed by atoms with van der Waals surface area (Å²) in [6.07, 6.45) is 6.77. The number of hydrogen-bond acceptors (Lipinski definition) is 9. The molecule has 3 heterocycles. The molecule has 0 amide bonds. The number of aryl methyl sites for hydroxylation is 1. The van der Waals surface area contributed by atoms with Crippen LogP contribution >= 0.6 is 0 Å². The fourth-order valence-electron chi connectivity index (χ4n) is 3.43. The molecular formula is C35H66N6O4. The molecule has 3 rings (SSSR count). The number of H-pyrrole nitrogens is 1. The maximum atomic E-state index is 7.57. The molecule has 0 spiro atoms. The second-order valence-corrected chi connectivity index (χ2v) is 8.83. The topological polar surface area (TPSA) is 131 Å². The Hall–Kier alpha value is -3.21. The minimum Gasteiger partial charge on any atom is -0.494 e. The predicted octanol–water partition coefficient (Wildman–Crippen LogP) is 7.67. The highest BCUT2D eigenvalue weighted by molar-refractivity contribution is 6.02. The number of likely N-dealkylation sites (N-methyl/N-ethyl adjacent to an activating group) is 1. The molecule has 10 heteroatoms. The van der Waals surface area contributed by atoms with Crippen molar-refractivity contribution in [2.75, 3.05) is 47.0 Å². The van der Waals surface area contributed by atoms with Crippen molar-refractivity contribution in [1.82, 2.24) is 14.9 Å². The van der Waals surface area contributed by atoms with Gasteiger partial charge in [-0.15, -0.1) is 0 Å². The minimum absolute atomic E-state index is 0.122. The zero-order valence-corrected chi connectivity index (χ0v) is 31.0. The smallest absolute Gasteiger partial charge is 0.226 e. The Morgan fingerprint density at radius 3 is 2.20 bits per heavy atom. The van der Waals surface area contributed by atoms with Gasteiger partial charge in [0.05, 0.1) is 26.0 Å². The first-order valence-electron chi connectivity index (χ1n) is 16.6. The van der Waals surface area contributed by atoms with Gasteiger partial charge in [-0.1, -0.05) is 62.3 Å². The summed E-state index contributed by atoms with van der Waals surface area (Å²) in [6.45, 7) is 27.7. The average molecular weight is 635 g/mol. The molecule has 1 aliphatic rings. The van der Waals surface area contributed by atoms with Crippen LogP contribution in [0, 0.1) is 6.92 Å². The van der Waals surface area contributed by atoms with Gasteiger partial charge < -0.3 is 34.9 Å². The van der Waals surface area contributed by atoms with E-state index in [0.29, 0.717) is 24.0 Å². The monoisotopic (exact) mass is 635 g/mol. The van der Waals surface area contributed by atoms with E-state index >= 15 is 0 Å². The normalized spacial score (nSPS) is 14.4. The molecule has 0 aliphatic carbocycles. The Morgan fingerprint density at radius 2 is 1.71 bits per heavy atom. The van der Waals surface area contributed by atoms with Crippen LogP contribution in [0.1, 0.15) is 94.7 Å². The number of aliphatic hydroxyl groups excluding tert-OH is 1. The largest absolute Gasteiger partial charge is 0.494 e. The molecule has 45 heavy (non-hydrogen) atoms. The number of nitrogens with two attached hydrogens (primary N) is 1. The summed E-state index contributed by atoms with van der Waals surface area (Å²) in [5.41, 5.74) is 7.96. The number of aliphatic hydroxyl groups is 1. The number of pyridine rings is 1. The first-order chi connectivity index (χ1) is 21.8. The Morgan fingerprint density at radius 1 is 1.09 bits per heavy atom. The lowest BCUT2D eigenvalue weighted by Gasteiger charge is -2.19. The summed E-state index contributed by atoms with van der Waals surface area (Å²) in [5.74, 6) is 2.55. The molecule has 0 fully saturated rings. The van der Waals surface area contributed by atoms with Crippen molar-refractivity contribution in [1.29, 1.82) is 0 Å². The van der Waals surface area contributed by atoms with Crippen LogP contribution in [0.2, 0.25) is 0 Å². The molecular weight excluding hydrogens is 568 g/mol. The van der Waals surface area contributed by atoms with Gasteiger partial charge in [0.25, 0.3) is 0 Å². The van der Waals surface area contributed by atoms with Crippen molar-refractivity contribution < 1.29 is 19.3 Å². The zero-order chi connectivity index (χ0) is 35.2. The van der Waals surface area contributed by atoms with Crippen LogP contribution in [0.5, 0.6) is 5.75 Å². The number of hydrogen-bond donors (Lipinski definition) is 3. The third-order valence-corrected chi connectivity index (χ3v) is 5.59. The molecule has 10 nitrogen and oxygen atoms in total.